The first-order valence-corrected chi connectivity index (χ1v) is 3.72. The summed E-state index contributed by atoms with van der Waals surface area (Å²) in [5, 5.41) is 3.19. The fraction of sp³-hybridized carbons (Fsp3) is 0.667. The molecule has 0 aromatic carbocycles. The number of nitrogens with one attached hydrogen (secondary N) is 1. The van der Waals surface area contributed by atoms with Gasteiger partial charge in [-0.15, -0.1) is 0 Å². The maximum atomic E-state index is 10.9. The fourth-order valence-electron chi connectivity index (χ4n) is 0.670. The van der Waals surface area contributed by atoms with Crippen LogP contribution in [-0.2, 0) is 9.59 Å². The van der Waals surface area contributed by atoms with E-state index in [1.807, 2.05) is 5.43 Å². The minimum Gasteiger partial charge on any atom is -0.300 e. The van der Waals surface area contributed by atoms with E-state index in [0.717, 1.165) is 0 Å². The number of amides is 1. The highest BCUT2D eigenvalue weighted by Crippen LogP contribution is 1.95. The van der Waals surface area contributed by atoms with Crippen LogP contribution in [0.1, 0.15) is 19.3 Å². The number of nitrogens with zero attached hydrogens (tertiary/aromatic N) is 3. The van der Waals surface area contributed by atoms with Gasteiger partial charge in [0.25, 0.3) is 0 Å². The molecule has 0 saturated carbocycles. The lowest BCUT2D eigenvalue weighted by Crippen LogP contribution is -2.30. The van der Waals surface area contributed by atoms with Crippen molar-refractivity contribution in [2.75, 3.05) is 6.54 Å². The average Bonchev–Trinajstić information content (AvgIpc) is 2.14. The monoisotopic (exact) mass is 185 g/mol. The van der Waals surface area contributed by atoms with Gasteiger partial charge in [0.15, 0.2) is 0 Å². The molecule has 0 radical (unpaired) electrons. The van der Waals surface area contributed by atoms with Crippen molar-refractivity contribution in [3.63, 3.8) is 0 Å². The number of azide groups is 1. The number of hydrogen-bond donors (Lipinski definition) is 2. The van der Waals surface area contributed by atoms with Crippen molar-refractivity contribution in [2.45, 2.75) is 19.3 Å². The van der Waals surface area contributed by atoms with E-state index in [9.17, 15) is 9.59 Å². The third kappa shape index (κ3) is 6.79. The van der Waals surface area contributed by atoms with Crippen LogP contribution in [0.4, 0.5) is 0 Å². The molecule has 0 aliphatic heterocycles. The van der Waals surface area contributed by atoms with Gasteiger partial charge in [-0.05, 0) is 5.53 Å². The lowest BCUT2D eigenvalue weighted by Gasteiger charge is -1.97. The van der Waals surface area contributed by atoms with Gasteiger partial charge in [0, 0.05) is 30.7 Å². The first-order valence-electron chi connectivity index (χ1n) is 3.72. The molecule has 0 saturated heterocycles. The molecule has 0 bridgehead atoms. The molecular weight excluding hydrogens is 174 g/mol. The summed E-state index contributed by atoms with van der Waals surface area (Å²) in [4.78, 5) is 24.0. The molecule has 0 rings (SSSR count). The lowest BCUT2D eigenvalue weighted by molar-refractivity contribution is -0.125. The Bertz CT molecular complexity index is 233. The second-order valence-corrected chi connectivity index (χ2v) is 2.31. The van der Waals surface area contributed by atoms with Gasteiger partial charge in [0.2, 0.25) is 5.91 Å². The van der Waals surface area contributed by atoms with E-state index in [1.165, 1.54) is 0 Å². The molecule has 13 heavy (non-hydrogen) atoms. The summed E-state index contributed by atoms with van der Waals surface area (Å²) in [7, 11) is 0. The smallest absolute Gasteiger partial charge is 0.234 e. The van der Waals surface area contributed by atoms with Crippen molar-refractivity contribution in [3.05, 3.63) is 10.4 Å². The van der Waals surface area contributed by atoms with Gasteiger partial charge in [-0.2, -0.15) is 0 Å². The number of carbonyl (C=O) groups is 2. The molecular formula is C6H11N5O2. The molecule has 0 atom stereocenters. The predicted molar refractivity (Wildman–Crippen MR) is 45.2 cm³/mol. The van der Waals surface area contributed by atoms with Gasteiger partial charge in [-0.1, -0.05) is 5.11 Å². The normalized spacial score (nSPS) is 8.69. The van der Waals surface area contributed by atoms with E-state index in [1.54, 1.807) is 0 Å². The SMILES string of the molecule is [N-]=[N+]=NCCC(=O)CCC(=O)NN. The molecule has 7 heteroatoms. The number of hydrogen-bond acceptors (Lipinski definition) is 4. The summed E-state index contributed by atoms with van der Waals surface area (Å²) in [6.07, 6.45) is 0.373. The first kappa shape index (κ1) is 11.4. The molecule has 72 valence electrons. The summed E-state index contributed by atoms with van der Waals surface area (Å²) in [6.45, 7) is 0.138. The molecule has 0 aromatic rings. The van der Waals surface area contributed by atoms with E-state index in [-0.39, 0.29) is 37.5 Å². The highest BCUT2D eigenvalue weighted by molar-refractivity contribution is 5.84. The summed E-state index contributed by atoms with van der Waals surface area (Å²) >= 11 is 0. The minimum atomic E-state index is -0.378. The van der Waals surface area contributed by atoms with Gasteiger partial charge in [-0.3, -0.25) is 15.0 Å². The van der Waals surface area contributed by atoms with E-state index in [0.29, 0.717) is 0 Å². The number of rotatable bonds is 6. The van der Waals surface area contributed by atoms with Crippen LogP contribution in [0.15, 0.2) is 5.11 Å². The molecule has 0 unspecified atom stereocenters. The number of carbonyl (C=O) groups excluding carboxylic acids is 2. The molecule has 3 N–H and O–H groups in total. The Hall–Kier alpha value is -1.59. The quantitative estimate of drug-likeness (QED) is 0.151. The van der Waals surface area contributed by atoms with Crippen molar-refractivity contribution in [3.8, 4) is 0 Å². The van der Waals surface area contributed by atoms with E-state index >= 15 is 0 Å². The van der Waals surface area contributed by atoms with Gasteiger partial charge >= 0.3 is 0 Å². The van der Waals surface area contributed by atoms with Gasteiger partial charge in [0.1, 0.15) is 5.78 Å². The fourth-order valence-corrected chi connectivity index (χ4v) is 0.670. The van der Waals surface area contributed by atoms with E-state index < -0.39 is 0 Å². The summed E-state index contributed by atoms with van der Waals surface area (Å²) in [6, 6.07) is 0. The first-order chi connectivity index (χ1) is 6.20. The number of nitrogens with two attached hydrogens (primary N) is 1. The van der Waals surface area contributed by atoms with E-state index in [4.69, 9.17) is 11.4 Å². The summed E-state index contributed by atoms with van der Waals surface area (Å²) in [5.41, 5.74) is 9.82. The van der Waals surface area contributed by atoms with Crippen molar-refractivity contribution in [1.82, 2.24) is 5.43 Å². The van der Waals surface area contributed by atoms with Crippen LogP contribution in [0.5, 0.6) is 0 Å². The molecule has 0 heterocycles. The van der Waals surface area contributed by atoms with Crippen LogP contribution in [0.3, 0.4) is 0 Å². The van der Waals surface area contributed by atoms with Crippen LogP contribution in [0.25, 0.3) is 10.4 Å². The minimum absolute atomic E-state index is 0.0750. The molecule has 0 spiro atoms. The predicted octanol–water partition coefficient (Wildman–Crippen LogP) is 0.0260. The van der Waals surface area contributed by atoms with Gasteiger partial charge in [0.05, 0.1) is 0 Å². The topological polar surface area (TPSA) is 121 Å². The number of hydrazine groups is 1. The number of ketones is 1. The Morgan fingerprint density at radius 1 is 1.38 bits per heavy atom. The Balaban J connectivity index is 3.51. The second kappa shape index (κ2) is 7.08. The maximum absolute atomic E-state index is 10.9. The van der Waals surface area contributed by atoms with Crippen LogP contribution >= 0.6 is 0 Å². The van der Waals surface area contributed by atoms with Crippen LogP contribution in [0, 0.1) is 0 Å². The highest BCUT2D eigenvalue weighted by atomic mass is 16.2. The molecule has 0 fully saturated rings. The van der Waals surface area contributed by atoms with Gasteiger partial charge in [-0.25, -0.2) is 5.84 Å². The Labute approximate surface area is 74.9 Å². The van der Waals surface area contributed by atoms with Crippen molar-refractivity contribution >= 4 is 11.7 Å². The third-order valence-corrected chi connectivity index (χ3v) is 1.35. The average molecular weight is 185 g/mol. The molecule has 1 amide bonds. The lowest BCUT2D eigenvalue weighted by atomic mass is 10.1. The van der Waals surface area contributed by atoms with Crippen LogP contribution in [0.2, 0.25) is 0 Å². The van der Waals surface area contributed by atoms with Crippen molar-refractivity contribution < 1.29 is 9.59 Å². The molecule has 0 aliphatic carbocycles. The molecule has 0 aliphatic rings. The molecule has 7 nitrogen and oxygen atoms in total. The maximum Gasteiger partial charge on any atom is 0.234 e. The number of Topliss-reactive ketones (excluding diaryl/α,β-unsaturated/α-hetero) is 1. The van der Waals surface area contributed by atoms with Gasteiger partial charge < -0.3 is 0 Å². The third-order valence-electron chi connectivity index (χ3n) is 1.35. The second-order valence-electron chi connectivity index (χ2n) is 2.31. The van der Waals surface area contributed by atoms with Crippen molar-refractivity contribution in [1.29, 1.82) is 0 Å². The standard InChI is InChI=1S/C6H11N5O2/c7-10-6(13)2-1-5(12)3-4-9-11-8/h1-4,7H2,(H,10,13). The zero-order valence-corrected chi connectivity index (χ0v) is 7.06. The molecule has 0 aromatic heterocycles. The van der Waals surface area contributed by atoms with Crippen molar-refractivity contribution in [2.24, 2.45) is 11.0 Å². The van der Waals surface area contributed by atoms with Crippen LogP contribution < -0.4 is 11.3 Å². The van der Waals surface area contributed by atoms with Crippen LogP contribution in [-0.4, -0.2) is 18.2 Å². The Kier molecular flexibility index (Phi) is 6.21. The Morgan fingerprint density at radius 3 is 2.62 bits per heavy atom. The largest absolute Gasteiger partial charge is 0.300 e. The zero-order valence-electron chi connectivity index (χ0n) is 7.06. The summed E-state index contributed by atoms with van der Waals surface area (Å²) < 4.78 is 0. The highest BCUT2D eigenvalue weighted by Gasteiger charge is 2.04. The summed E-state index contributed by atoms with van der Waals surface area (Å²) in [5.74, 6) is 4.31. The Morgan fingerprint density at radius 2 is 2.08 bits per heavy atom. The van der Waals surface area contributed by atoms with E-state index in [2.05, 4.69) is 10.0 Å². The zero-order chi connectivity index (χ0) is 10.1.